The van der Waals surface area contributed by atoms with E-state index in [0.717, 1.165) is 77.0 Å². The lowest BCUT2D eigenvalue weighted by molar-refractivity contribution is -0.270. The van der Waals surface area contributed by atoms with Crippen LogP contribution in [0.5, 0.6) is 0 Å². The molecule has 1 unspecified atom stereocenters. The molecule has 0 radical (unpaired) electrons. The summed E-state index contributed by atoms with van der Waals surface area (Å²) in [6.07, 6.45) is 21.4. The van der Waals surface area contributed by atoms with E-state index < -0.39 is 110 Å². The Hall–Kier alpha value is -2.41. The Kier molecular flexibility index (Phi) is 41.2. The molecule has 71 heavy (non-hydrogen) atoms. The summed E-state index contributed by atoms with van der Waals surface area (Å²) in [6.45, 7) is 4.43. The SMILES string of the molecule is CCCCCCCCCCC[C@@H](O)CC(=O)CN[C@@H](CC(=O)OC1O[C@H](CO)[C@@H](O)[C@H](OCC(=O)C[C@H](O)CCCCCCCCCCC)[C@H]1NCC(=O)C[C@H](O)CCCCCCCCCCC)C(=O)O. The third-order valence-corrected chi connectivity index (χ3v) is 13.6. The largest absolute Gasteiger partial charge is 0.480 e. The Morgan fingerprint density at radius 2 is 0.915 bits per heavy atom. The van der Waals surface area contributed by atoms with Crippen LogP contribution in [-0.2, 0) is 38.2 Å². The van der Waals surface area contributed by atoms with E-state index in [0.29, 0.717) is 19.3 Å². The molecular weight excluding hydrogens is 913 g/mol. The lowest BCUT2D eigenvalue weighted by Crippen LogP contribution is -2.65. The molecule has 9 atom stereocenters. The predicted octanol–water partition coefficient (Wildman–Crippen LogP) is 8.11. The van der Waals surface area contributed by atoms with Gasteiger partial charge in [0.15, 0.2) is 5.78 Å². The number of aliphatic hydroxyl groups is 5. The number of rotatable bonds is 50. The molecule has 8 N–H and O–H groups in total. The van der Waals surface area contributed by atoms with Crippen LogP contribution in [0.2, 0.25) is 0 Å². The van der Waals surface area contributed by atoms with Crippen molar-refractivity contribution in [1.29, 1.82) is 0 Å². The summed E-state index contributed by atoms with van der Waals surface area (Å²) in [6, 6.07) is -2.89. The number of carboxylic acids is 1. The van der Waals surface area contributed by atoms with Gasteiger partial charge >= 0.3 is 11.9 Å². The Balaban J connectivity index is 2.92. The van der Waals surface area contributed by atoms with Crippen LogP contribution in [-0.4, -0.2) is 141 Å². The highest BCUT2D eigenvalue weighted by Gasteiger charge is 2.48. The van der Waals surface area contributed by atoms with E-state index in [1.54, 1.807) is 0 Å². The summed E-state index contributed by atoms with van der Waals surface area (Å²) in [5.74, 6) is -3.83. The molecule has 1 heterocycles. The van der Waals surface area contributed by atoms with Gasteiger partial charge in [0.2, 0.25) is 6.29 Å². The van der Waals surface area contributed by atoms with Gasteiger partial charge in [-0.1, -0.05) is 194 Å². The highest BCUT2D eigenvalue weighted by atomic mass is 16.7. The summed E-state index contributed by atoms with van der Waals surface area (Å²) >= 11 is 0. The second kappa shape index (κ2) is 43.9. The van der Waals surface area contributed by atoms with Crippen molar-refractivity contribution in [2.45, 2.75) is 294 Å². The summed E-state index contributed by atoms with van der Waals surface area (Å²) in [7, 11) is 0. The number of ether oxygens (including phenoxy) is 3. The summed E-state index contributed by atoms with van der Waals surface area (Å²) in [4.78, 5) is 64.7. The fourth-order valence-corrected chi connectivity index (χ4v) is 9.20. The molecule has 0 aromatic rings. The standard InChI is InChI=1S/C55H102N2O14/c1-4-7-10-13-16-19-22-25-28-31-42(59)34-45(62)38-56-48(54(67)68)37-50(65)71-55-51(57-39-46(63)35-43(60)32-29-26-23-20-17-14-11-8-5-2)53(52(66)49(40-58)70-55)69-41-47(64)36-44(61)33-30-27-24-21-18-15-12-9-6-3/h42-44,48-49,51-53,55-61,66H,4-41H2,1-3H3,(H,67,68)/t42-,43-,44-,48+,49-,51-,52-,53-,55?/m1/s1. The molecule has 0 amide bonds. The molecule has 1 saturated heterocycles. The van der Waals surface area contributed by atoms with Crippen molar-refractivity contribution in [2.75, 3.05) is 26.3 Å². The highest BCUT2D eigenvalue weighted by molar-refractivity contribution is 5.84. The minimum absolute atomic E-state index is 0.174. The average molecular weight is 1020 g/mol. The number of hydrogen-bond donors (Lipinski definition) is 8. The Morgan fingerprint density at radius 1 is 0.535 bits per heavy atom. The van der Waals surface area contributed by atoms with E-state index in [4.69, 9.17) is 14.2 Å². The van der Waals surface area contributed by atoms with Gasteiger partial charge in [-0.15, -0.1) is 0 Å². The molecule has 16 heteroatoms. The van der Waals surface area contributed by atoms with Crippen molar-refractivity contribution in [1.82, 2.24) is 10.6 Å². The third kappa shape index (κ3) is 34.7. The fourth-order valence-electron chi connectivity index (χ4n) is 9.20. The van der Waals surface area contributed by atoms with Gasteiger partial charge in [-0.25, -0.2) is 0 Å². The molecule has 0 bridgehead atoms. The van der Waals surface area contributed by atoms with E-state index >= 15 is 0 Å². The van der Waals surface area contributed by atoms with Crippen LogP contribution in [0, 0.1) is 0 Å². The zero-order valence-electron chi connectivity index (χ0n) is 44.5. The molecular formula is C55H102N2O14. The maximum Gasteiger partial charge on any atom is 0.321 e. The van der Waals surface area contributed by atoms with Crippen LogP contribution in [0.3, 0.4) is 0 Å². The summed E-state index contributed by atoms with van der Waals surface area (Å²) in [5, 5.41) is 68.7. The smallest absolute Gasteiger partial charge is 0.321 e. The van der Waals surface area contributed by atoms with E-state index in [1.165, 1.54) is 96.3 Å². The molecule has 0 aromatic heterocycles. The van der Waals surface area contributed by atoms with Crippen molar-refractivity contribution in [3.05, 3.63) is 0 Å². The Bertz CT molecular complexity index is 1370. The molecule has 0 aromatic carbocycles. The van der Waals surface area contributed by atoms with Gasteiger partial charge < -0.3 is 44.8 Å². The maximum absolute atomic E-state index is 13.4. The maximum atomic E-state index is 13.4. The minimum Gasteiger partial charge on any atom is -0.480 e. The monoisotopic (exact) mass is 1010 g/mol. The van der Waals surface area contributed by atoms with Crippen LogP contribution >= 0.6 is 0 Å². The van der Waals surface area contributed by atoms with Crippen LogP contribution in [0.1, 0.15) is 239 Å². The van der Waals surface area contributed by atoms with Gasteiger partial charge in [-0.3, -0.25) is 34.6 Å². The number of hydrogen-bond acceptors (Lipinski definition) is 15. The minimum atomic E-state index is -1.66. The van der Waals surface area contributed by atoms with Gasteiger partial charge in [0.05, 0.1) is 50.5 Å². The first kappa shape index (κ1) is 66.6. The van der Waals surface area contributed by atoms with Crippen LogP contribution in [0.4, 0.5) is 0 Å². The highest BCUT2D eigenvalue weighted by Crippen LogP contribution is 2.26. The number of unbranched alkanes of at least 4 members (excludes halogenated alkanes) is 24. The van der Waals surface area contributed by atoms with Gasteiger partial charge in [0, 0.05) is 19.3 Å². The first-order chi connectivity index (χ1) is 34.3. The topological polar surface area (TPSA) is 258 Å². The van der Waals surface area contributed by atoms with Crippen LogP contribution in [0.15, 0.2) is 0 Å². The van der Waals surface area contributed by atoms with E-state index in [2.05, 4.69) is 31.4 Å². The Morgan fingerprint density at radius 3 is 1.31 bits per heavy atom. The first-order valence-corrected chi connectivity index (χ1v) is 28.3. The number of aliphatic carboxylic acids is 1. The number of carbonyl (C=O) groups is 5. The normalized spacial score (nSPS) is 19.8. The molecule has 0 saturated carbocycles. The molecule has 0 aliphatic carbocycles. The zero-order valence-corrected chi connectivity index (χ0v) is 44.5. The van der Waals surface area contributed by atoms with E-state index in [-0.39, 0.29) is 25.8 Å². The van der Waals surface area contributed by atoms with Crippen molar-refractivity contribution < 1.29 is 68.8 Å². The van der Waals surface area contributed by atoms with Crippen molar-refractivity contribution >= 4 is 29.3 Å². The number of aliphatic hydroxyl groups excluding tert-OH is 5. The third-order valence-electron chi connectivity index (χ3n) is 13.6. The fraction of sp³-hybridized carbons (Fsp3) is 0.909. The number of esters is 1. The molecule has 16 nitrogen and oxygen atoms in total. The van der Waals surface area contributed by atoms with Crippen molar-refractivity contribution in [2.24, 2.45) is 0 Å². The van der Waals surface area contributed by atoms with Crippen LogP contribution in [0.25, 0.3) is 0 Å². The lowest BCUT2D eigenvalue weighted by atomic mass is 9.96. The van der Waals surface area contributed by atoms with E-state index in [9.17, 15) is 54.6 Å². The summed E-state index contributed by atoms with van der Waals surface area (Å²) < 4.78 is 17.3. The van der Waals surface area contributed by atoms with Crippen LogP contribution < -0.4 is 10.6 Å². The molecule has 1 fully saturated rings. The molecule has 1 aliphatic heterocycles. The van der Waals surface area contributed by atoms with Gasteiger partial charge in [0.1, 0.15) is 42.5 Å². The second-order valence-electron chi connectivity index (χ2n) is 20.4. The first-order valence-electron chi connectivity index (χ1n) is 28.3. The molecule has 416 valence electrons. The van der Waals surface area contributed by atoms with Crippen molar-refractivity contribution in [3.63, 3.8) is 0 Å². The van der Waals surface area contributed by atoms with E-state index in [1.807, 2.05) is 0 Å². The number of nitrogens with one attached hydrogen (secondary N) is 2. The quantitative estimate of drug-likeness (QED) is 0.0211. The molecule has 0 spiro atoms. The second-order valence-corrected chi connectivity index (χ2v) is 20.4. The Labute approximate surface area is 427 Å². The van der Waals surface area contributed by atoms with Crippen molar-refractivity contribution in [3.8, 4) is 0 Å². The predicted molar refractivity (Wildman–Crippen MR) is 276 cm³/mol. The average Bonchev–Trinajstić information content (AvgIpc) is 3.33. The number of carboxylic acid groups (broad SMARTS) is 1. The lowest BCUT2D eigenvalue weighted by Gasteiger charge is -2.43. The number of carbonyl (C=O) groups excluding carboxylic acids is 4. The van der Waals surface area contributed by atoms with Gasteiger partial charge in [-0.05, 0) is 19.3 Å². The summed E-state index contributed by atoms with van der Waals surface area (Å²) in [5.41, 5.74) is 0. The molecule has 1 aliphatic rings. The molecule has 1 rings (SSSR count). The van der Waals surface area contributed by atoms with Gasteiger partial charge in [-0.2, -0.15) is 0 Å². The number of ketones is 3. The van der Waals surface area contributed by atoms with Gasteiger partial charge in [0.25, 0.3) is 0 Å². The number of Topliss-reactive ketones (excluding diaryl/α,β-unsaturated/α-hetero) is 3. The zero-order chi connectivity index (χ0) is 52.5.